The van der Waals surface area contributed by atoms with Gasteiger partial charge >= 0.3 is 0 Å². The Morgan fingerprint density at radius 3 is 2.60 bits per heavy atom. The second-order valence-electron chi connectivity index (χ2n) is 5.85. The second kappa shape index (κ2) is 3.96. The first kappa shape index (κ1) is 14.3. The molecule has 0 bridgehead atoms. The molecule has 1 aromatic rings. The molecular formula is C12H10B4ClNO2. The van der Waals surface area contributed by atoms with Gasteiger partial charge in [0, 0.05) is 0 Å². The Kier molecular flexibility index (Phi) is 2.84. The Bertz CT molecular complexity index is 613. The van der Waals surface area contributed by atoms with Gasteiger partial charge in [0.25, 0.3) is 6.13 Å². The van der Waals surface area contributed by atoms with Gasteiger partial charge in [0.1, 0.15) is 6.10 Å². The smallest absolute Gasteiger partial charge is 0.283 e. The minimum absolute atomic E-state index is 0.0632. The lowest BCUT2D eigenvalue weighted by Gasteiger charge is -2.54. The molecule has 3 rings (SSSR count). The van der Waals surface area contributed by atoms with E-state index in [1.54, 1.807) is 24.3 Å². The molecule has 1 aliphatic carbocycles. The van der Waals surface area contributed by atoms with Crippen LogP contribution in [0.3, 0.4) is 0 Å². The van der Waals surface area contributed by atoms with Gasteiger partial charge in [-0.3, -0.25) is 4.79 Å². The van der Waals surface area contributed by atoms with Gasteiger partial charge in [-0.25, -0.2) is 0 Å². The predicted octanol–water partition coefficient (Wildman–Crippen LogP) is -1.06. The number of carbonyl (C=O) groups is 1. The molecule has 3 nitrogen and oxygen atoms in total. The van der Waals surface area contributed by atoms with E-state index < -0.39 is 34.0 Å². The molecule has 1 saturated carbocycles. The molecule has 0 spiro atoms. The van der Waals surface area contributed by atoms with E-state index in [0.717, 1.165) is 0 Å². The number of benzene rings is 1. The van der Waals surface area contributed by atoms with Crippen LogP contribution >= 0.6 is 11.5 Å². The Labute approximate surface area is 126 Å². The SMILES string of the molecule is [B]C1([B])CC2([B])B(Cl)c3ccccc3C2(N)C(=O)C1O. The zero-order chi connectivity index (χ0) is 14.9. The van der Waals surface area contributed by atoms with E-state index in [1.807, 2.05) is 0 Å². The zero-order valence-electron chi connectivity index (χ0n) is 10.7. The van der Waals surface area contributed by atoms with Crippen molar-refractivity contribution < 1.29 is 9.90 Å². The fourth-order valence-electron chi connectivity index (χ4n) is 3.46. The molecule has 3 atom stereocenters. The predicted molar refractivity (Wildman–Crippen MR) is 81.8 cm³/mol. The lowest BCUT2D eigenvalue weighted by atomic mass is 9.27. The highest BCUT2D eigenvalue weighted by Crippen LogP contribution is 2.61. The summed E-state index contributed by atoms with van der Waals surface area (Å²) < 4.78 is 0. The Hall–Kier alpha value is -0.640. The number of fused-ring (bicyclic) bond motifs is 3. The van der Waals surface area contributed by atoms with Gasteiger partial charge in [-0.15, -0.1) is 0 Å². The van der Waals surface area contributed by atoms with Gasteiger partial charge in [-0.2, -0.15) is 11.5 Å². The van der Waals surface area contributed by atoms with E-state index in [-0.39, 0.29) is 6.42 Å². The third-order valence-electron chi connectivity index (χ3n) is 4.59. The minimum atomic E-state index is -1.65. The molecule has 6 radical (unpaired) electrons. The molecular weight excluding hydrogens is 269 g/mol. The molecule has 0 amide bonds. The number of hydrogen-bond acceptors (Lipinski definition) is 3. The first-order valence-electron chi connectivity index (χ1n) is 6.27. The van der Waals surface area contributed by atoms with E-state index in [9.17, 15) is 9.90 Å². The van der Waals surface area contributed by atoms with E-state index in [4.69, 9.17) is 40.7 Å². The van der Waals surface area contributed by atoms with Crippen molar-refractivity contribution in [1.29, 1.82) is 0 Å². The maximum atomic E-state index is 12.6. The fraction of sp³-hybridized carbons (Fsp3) is 0.417. The maximum absolute atomic E-state index is 12.6. The van der Waals surface area contributed by atoms with Gasteiger partial charge in [0.15, 0.2) is 5.78 Å². The number of halogens is 1. The summed E-state index contributed by atoms with van der Waals surface area (Å²) in [6, 6.07) is 7.00. The summed E-state index contributed by atoms with van der Waals surface area (Å²) in [5, 5.41) is 7.08. The van der Waals surface area contributed by atoms with Crippen molar-refractivity contribution in [2.24, 2.45) is 5.73 Å². The molecule has 3 N–H and O–H groups in total. The largest absolute Gasteiger partial charge is 0.386 e. The van der Waals surface area contributed by atoms with Crippen LogP contribution in [0.15, 0.2) is 24.3 Å². The van der Waals surface area contributed by atoms with Crippen molar-refractivity contribution in [3.05, 3.63) is 29.8 Å². The van der Waals surface area contributed by atoms with Crippen LogP contribution in [-0.2, 0) is 10.3 Å². The summed E-state index contributed by atoms with van der Waals surface area (Å²) in [6.45, 7) is 0. The number of nitrogens with two attached hydrogens (primary N) is 1. The summed E-state index contributed by atoms with van der Waals surface area (Å²) in [5.74, 6) is -0.688. The number of aliphatic hydroxyl groups is 1. The summed E-state index contributed by atoms with van der Waals surface area (Å²) in [4.78, 5) is 12.6. The number of Topliss-reactive ketones (excluding diaryl/α,β-unsaturated/α-hetero) is 1. The van der Waals surface area contributed by atoms with Crippen LogP contribution in [0.4, 0.5) is 0 Å². The van der Waals surface area contributed by atoms with Crippen molar-refractivity contribution in [3.8, 4) is 0 Å². The van der Waals surface area contributed by atoms with Crippen molar-refractivity contribution in [2.75, 3.05) is 0 Å². The highest BCUT2D eigenvalue weighted by Gasteiger charge is 2.68. The van der Waals surface area contributed by atoms with Crippen LogP contribution in [-0.4, -0.2) is 46.7 Å². The molecule has 3 unspecified atom stereocenters. The summed E-state index contributed by atoms with van der Waals surface area (Å²) >= 11 is 6.44. The number of ketones is 1. The molecule has 1 heterocycles. The monoisotopic (exact) mass is 279 g/mol. The molecule has 20 heavy (non-hydrogen) atoms. The molecule has 0 aromatic heterocycles. The number of hydrogen-bond donors (Lipinski definition) is 2. The van der Waals surface area contributed by atoms with Crippen LogP contribution in [0.1, 0.15) is 12.0 Å². The first-order valence-corrected chi connectivity index (χ1v) is 6.71. The van der Waals surface area contributed by atoms with Crippen LogP contribution in [0.5, 0.6) is 0 Å². The van der Waals surface area contributed by atoms with Gasteiger partial charge in [-0.05, 0) is 10.8 Å². The third-order valence-corrected chi connectivity index (χ3v) is 5.21. The Morgan fingerprint density at radius 1 is 1.35 bits per heavy atom. The van der Waals surface area contributed by atoms with Crippen molar-refractivity contribution in [1.82, 2.24) is 0 Å². The van der Waals surface area contributed by atoms with Crippen molar-refractivity contribution in [2.45, 2.75) is 28.5 Å². The number of carbonyl (C=O) groups excluding carboxylic acids is 1. The molecule has 1 aromatic carbocycles. The molecule has 2 aliphatic rings. The molecule has 1 fully saturated rings. The topological polar surface area (TPSA) is 63.3 Å². The first-order chi connectivity index (χ1) is 9.16. The fourth-order valence-corrected chi connectivity index (χ4v) is 3.90. The molecule has 94 valence electrons. The van der Waals surface area contributed by atoms with Gasteiger partial charge in [-0.1, -0.05) is 41.4 Å². The van der Waals surface area contributed by atoms with Gasteiger partial charge < -0.3 is 10.8 Å². The van der Waals surface area contributed by atoms with Crippen LogP contribution in [0, 0.1) is 0 Å². The normalized spacial score (nSPS) is 38.5. The zero-order valence-corrected chi connectivity index (χ0v) is 11.5. The van der Waals surface area contributed by atoms with Crippen LogP contribution in [0.2, 0.25) is 10.4 Å². The Morgan fingerprint density at radius 2 is 1.95 bits per heavy atom. The van der Waals surface area contributed by atoms with Gasteiger partial charge in [0.2, 0.25) is 0 Å². The average molecular weight is 279 g/mol. The summed E-state index contributed by atoms with van der Waals surface area (Å²) in [6.07, 6.45) is -2.35. The van der Waals surface area contributed by atoms with E-state index >= 15 is 0 Å². The lowest BCUT2D eigenvalue weighted by Crippen LogP contribution is -2.65. The minimum Gasteiger partial charge on any atom is -0.386 e. The summed E-state index contributed by atoms with van der Waals surface area (Å²) in [5.41, 5.74) is 5.95. The highest BCUT2D eigenvalue weighted by molar-refractivity contribution is 7.19. The number of rotatable bonds is 0. The quantitative estimate of drug-likeness (QED) is 0.595. The van der Waals surface area contributed by atoms with Crippen LogP contribution < -0.4 is 11.2 Å². The van der Waals surface area contributed by atoms with E-state index in [1.165, 1.54) is 0 Å². The molecule has 0 saturated heterocycles. The molecule has 1 aliphatic heterocycles. The maximum Gasteiger partial charge on any atom is 0.283 e. The second-order valence-corrected chi connectivity index (χ2v) is 6.29. The lowest BCUT2D eigenvalue weighted by molar-refractivity contribution is -0.137. The van der Waals surface area contributed by atoms with E-state index in [0.29, 0.717) is 11.0 Å². The molecule has 8 heteroatoms. The Balaban J connectivity index is 2.28. The van der Waals surface area contributed by atoms with E-state index in [2.05, 4.69) is 0 Å². The third kappa shape index (κ3) is 1.41. The number of aliphatic hydroxyl groups excluding tert-OH is 1. The van der Waals surface area contributed by atoms with Gasteiger partial charge in [0.05, 0.1) is 29.1 Å². The van der Waals surface area contributed by atoms with Crippen LogP contribution in [0.25, 0.3) is 0 Å². The highest BCUT2D eigenvalue weighted by atomic mass is 35.5. The average Bonchev–Trinajstić information content (AvgIpc) is 2.57. The summed E-state index contributed by atoms with van der Waals surface area (Å²) in [7, 11) is 18.0. The van der Waals surface area contributed by atoms with Crippen molar-refractivity contribution >= 4 is 52.4 Å². The van der Waals surface area contributed by atoms with Crippen molar-refractivity contribution in [3.63, 3.8) is 0 Å². The standard InChI is InChI=1S/C12H10B4ClNO2/c13-10(14)5-11(15)12(18,9(20)8(10)19)6-3-1-2-4-7(6)16(11)17/h1-4,8,19H,5,18H2.